The van der Waals surface area contributed by atoms with Gasteiger partial charge in [-0.2, -0.15) is 0 Å². The van der Waals surface area contributed by atoms with Crippen LogP contribution in [0.4, 0.5) is 0 Å². The second-order valence-corrected chi connectivity index (χ2v) is 3.63. The molecule has 1 heteroatoms. The monoisotopic (exact) mass is 174 g/mol. The molecule has 2 rings (SSSR count). The zero-order chi connectivity index (χ0) is 8.93. The van der Waals surface area contributed by atoms with Crippen molar-refractivity contribution in [2.24, 2.45) is 0 Å². The average Bonchev–Trinajstić information content (AvgIpc) is 2.21. The van der Waals surface area contributed by atoms with Crippen LogP contribution >= 0.6 is 0 Å². The first-order chi connectivity index (χ1) is 6.45. The van der Waals surface area contributed by atoms with Crippen molar-refractivity contribution in [1.29, 1.82) is 0 Å². The van der Waals surface area contributed by atoms with Crippen LogP contribution in [0.3, 0.4) is 0 Å². The standard InChI is InChI=1S/C12H16N/c1-2-6-11(7-3-1)10-12-8-4-5-9-13-12/h1-3,6-7,10,12-13H,4-5,8-9H2. The van der Waals surface area contributed by atoms with Crippen LogP contribution in [0.25, 0.3) is 0 Å². The van der Waals surface area contributed by atoms with Crippen LogP contribution in [0.15, 0.2) is 30.3 Å². The Kier molecular flexibility index (Phi) is 2.98. The van der Waals surface area contributed by atoms with Crippen molar-refractivity contribution >= 4 is 0 Å². The van der Waals surface area contributed by atoms with Gasteiger partial charge in [-0.3, -0.25) is 0 Å². The second-order valence-electron chi connectivity index (χ2n) is 3.63. The van der Waals surface area contributed by atoms with Gasteiger partial charge in [0.1, 0.15) is 0 Å². The maximum Gasteiger partial charge on any atom is 0.0142 e. The maximum atomic E-state index is 3.51. The van der Waals surface area contributed by atoms with E-state index in [4.69, 9.17) is 0 Å². The Labute approximate surface area is 80.2 Å². The number of piperidine rings is 1. The van der Waals surface area contributed by atoms with Gasteiger partial charge < -0.3 is 5.32 Å². The SMILES string of the molecule is [CH](c1ccccc1)C1CCCCN1. The lowest BCUT2D eigenvalue weighted by Crippen LogP contribution is -2.34. The van der Waals surface area contributed by atoms with Gasteiger partial charge in [-0.25, -0.2) is 0 Å². The molecule has 13 heavy (non-hydrogen) atoms. The molecule has 1 radical (unpaired) electrons. The van der Waals surface area contributed by atoms with Crippen molar-refractivity contribution in [2.75, 3.05) is 6.54 Å². The van der Waals surface area contributed by atoms with Crippen LogP contribution in [0.1, 0.15) is 24.8 Å². The molecule has 0 aliphatic carbocycles. The number of nitrogens with one attached hydrogen (secondary N) is 1. The number of rotatable bonds is 2. The lowest BCUT2D eigenvalue weighted by Gasteiger charge is -2.23. The summed E-state index contributed by atoms with van der Waals surface area (Å²) >= 11 is 0. The highest BCUT2D eigenvalue weighted by atomic mass is 14.9. The van der Waals surface area contributed by atoms with Crippen molar-refractivity contribution in [3.05, 3.63) is 42.3 Å². The van der Waals surface area contributed by atoms with Gasteiger partial charge in [0, 0.05) is 12.5 Å². The third-order valence-electron chi connectivity index (χ3n) is 2.54. The fraction of sp³-hybridized carbons (Fsp3) is 0.417. The Morgan fingerprint density at radius 3 is 2.69 bits per heavy atom. The summed E-state index contributed by atoms with van der Waals surface area (Å²) in [5.74, 6) is 0. The van der Waals surface area contributed by atoms with Crippen molar-refractivity contribution in [3.8, 4) is 0 Å². The summed E-state index contributed by atoms with van der Waals surface area (Å²) in [6.45, 7) is 1.17. The first kappa shape index (κ1) is 8.76. The van der Waals surface area contributed by atoms with Crippen molar-refractivity contribution in [1.82, 2.24) is 5.32 Å². The van der Waals surface area contributed by atoms with Crippen LogP contribution in [-0.2, 0) is 0 Å². The van der Waals surface area contributed by atoms with E-state index in [2.05, 4.69) is 42.1 Å². The van der Waals surface area contributed by atoms with Crippen LogP contribution < -0.4 is 5.32 Å². The van der Waals surface area contributed by atoms with Gasteiger partial charge in [0.2, 0.25) is 0 Å². The Bertz CT molecular complexity index is 237. The molecule has 1 heterocycles. The Morgan fingerprint density at radius 2 is 2.00 bits per heavy atom. The molecule has 69 valence electrons. The van der Waals surface area contributed by atoms with E-state index in [1.807, 2.05) is 0 Å². The fourth-order valence-electron chi connectivity index (χ4n) is 1.82. The van der Waals surface area contributed by atoms with E-state index in [0.717, 1.165) is 0 Å². The van der Waals surface area contributed by atoms with E-state index in [-0.39, 0.29) is 0 Å². The van der Waals surface area contributed by atoms with Crippen molar-refractivity contribution < 1.29 is 0 Å². The van der Waals surface area contributed by atoms with Crippen LogP contribution in [-0.4, -0.2) is 12.6 Å². The Balaban J connectivity index is 1.90. The summed E-state index contributed by atoms with van der Waals surface area (Å²) < 4.78 is 0. The molecule has 1 aromatic rings. The predicted octanol–water partition coefficient (Wildman–Crippen LogP) is 2.38. The lowest BCUT2D eigenvalue weighted by atomic mass is 9.98. The summed E-state index contributed by atoms with van der Waals surface area (Å²) in [5.41, 5.74) is 1.34. The van der Waals surface area contributed by atoms with Crippen molar-refractivity contribution in [3.63, 3.8) is 0 Å². The maximum absolute atomic E-state index is 3.51. The molecule has 1 aromatic carbocycles. The summed E-state index contributed by atoms with van der Waals surface area (Å²) in [6, 6.07) is 11.2. The molecule has 1 aliphatic heterocycles. The van der Waals surface area contributed by atoms with Gasteiger partial charge >= 0.3 is 0 Å². The van der Waals surface area contributed by atoms with Gasteiger partial charge in [-0.15, -0.1) is 0 Å². The Hall–Kier alpha value is -0.820. The molecule has 1 atom stereocenters. The van der Waals surface area contributed by atoms with E-state index >= 15 is 0 Å². The van der Waals surface area contributed by atoms with E-state index in [1.165, 1.54) is 31.4 Å². The molecule has 1 aliphatic rings. The van der Waals surface area contributed by atoms with E-state index < -0.39 is 0 Å². The van der Waals surface area contributed by atoms with E-state index in [1.54, 1.807) is 0 Å². The molecule has 1 nitrogen and oxygen atoms in total. The van der Waals surface area contributed by atoms with Crippen LogP contribution in [0.2, 0.25) is 0 Å². The highest BCUT2D eigenvalue weighted by molar-refractivity contribution is 5.24. The average molecular weight is 174 g/mol. The molecule has 1 unspecified atom stereocenters. The zero-order valence-corrected chi connectivity index (χ0v) is 7.87. The summed E-state index contributed by atoms with van der Waals surface area (Å²) in [4.78, 5) is 0. The van der Waals surface area contributed by atoms with Gasteiger partial charge in [0.15, 0.2) is 0 Å². The van der Waals surface area contributed by atoms with Gasteiger partial charge in [-0.05, 0) is 24.9 Å². The second kappa shape index (κ2) is 4.43. The third kappa shape index (κ3) is 2.56. The lowest BCUT2D eigenvalue weighted by molar-refractivity contribution is 0.440. The van der Waals surface area contributed by atoms with E-state index in [0.29, 0.717) is 6.04 Å². The largest absolute Gasteiger partial charge is 0.313 e. The number of hydrogen-bond acceptors (Lipinski definition) is 1. The molecular formula is C12H16N. The molecule has 0 saturated carbocycles. The molecular weight excluding hydrogens is 158 g/mol. The topological polar surface area (TPSA) is 12.0 Å². The predicted molar refractivity (Wildman–Crippen MR) is 55.5 cm³/mol. The molecule has 0 spiro atoms. The third-order valence-corrected chi connectivity index (χ3v) is 2.54. The minimum Gasteiger partial charge on any atom is -0.313 e. The molecule has 0 bridgehead atoms. The summed E-state index contributed by atoms with van der Waals surface area (Å²) in [6.07, 6.45) is 6.31. The van der Waals surface area contributed by atoms with Gasteiger partial charge in [0.25, 0.3) is 0 Å². The molecule has 0 aromatic heterocycles. The molecule has 1 N–H and O–H groups in total. The van der Waals surface area contributed by atoms with Crippen LogP contribution in [0, 0.1) is 6.42 Å². The minimum absolute atomic E-state index is 0.594. The number of benzene rings is 1. The van der Waals surface area contributed by atoms with Gasteiger partial charge in [-0.1, -0.05) is 36.8 Å². The highest BCUT2D eigenvalue weighted by Crippen LogP contribution is 2.13. The summed E-state index contributed by atoms with van der Waals surface area (Å²) in [5, 5.41) is 3.51. The highest BCUT2D eigenvalue weighted by Gasteiger charge is 2.12. The molecule has 1 saturated heterocycles. The smallest absolute Gasteiger partial charge is 0.0142 e. The Morgan fingerprint density at radius 1 is 1.15 bits per heavy atom. The quantitative estimate of drug-likeness (QED) is 0.726. The first-order valence-electron chi connectivity index (χ1n) is 5.08. The first-order valence-corrected chi connectivity index (χ1v) is 5.08. The van der Waals surface area contributed by atoms with E-state index in [9.17, 15) is 0 Å². The molecule has 1 fully saturated rings. The van der Waals surface area contributed by atoms with Gasteiger partial charge in [0.05, 0.1) is 0 Å². The molecule has 0 amide bonds. The normalized spacial score (nSPS) is 22.9. The van der Waals surface area contributed by atoms with Crippen molar-refractivity contribution in [2.45, 2.75) is 25.3 Å². The van der Waals surface area contributed by atoms with Crippen LogP contribution in [0.5, 0.6) is 0 Å². The zero-order valence-electron chi connectivity index (χ0n) is 7.87. The number of hydrogen-bond donors (Lipinski definition) is 1. The fourth-order valence-corrected chi connectivity index (χ4v) is 1.82. The summed E-state index contributed by atoms with van der Waals surface area (Å²) in [7, 11) is 0. The minimum atomic E-state index is 0.594.